The van der Waals surface area contributed by atoms with Crippen molar-refractivity contribution in [3.8, 4) is 5.75 Å². The lowest BCUT2D eigenvalue weighted by molar-refractivity contribution is -0.148. The van der Waals surface area contributed by atoms with Crippen LogP contribution >= 0.6 is 27.5 Å². The summed E-state index contributed by atoms with van der Waals surface area (Å²) in [6, 6.07) is 5.43. The predicted molar refractivity (Wildman–Crippen MR) is 95.2 cm³/mol. The molecule has 1 fully saturated rings. The van der Waals surface area contributed by atoms with Gasteiger partial charge in [0.15, 0.2) is 0 Å². The van der Waals surface area contributed by atoms with Crippen LogP contribution in [-0.2, 0) is 14.3 Å². The van der Waals surface area contributed by atoms with E-state index < -0.39 is 0 Å². The number of likely N-dealkylation sites (tertiary alicyclic amines) is 1. The molecule has 5 nitrogen and oxygen atoms in total. The zero-order valence-electron chi connectivity index (χ0n) is 13.6. The van der Waals surface area contributed by atoms with Crippen molar-refractivity contribution < 1.29 is 19.1 Å². The Morgan fingerprint density at radius 3 is 2.67 bits per heavy atom. The number of nitrogens with zero attached hydrogens (tertiary/aromatic N) is 1. The molecular formula is C17H21BrClNO4. The summed E-state index contributed by atoms with van der Waals surface area (Å²) < 4.78 is 11.3. The molecule has 7 heteroatoms. The van der Waals surface area contributed by atoms with Crippen molar-refractivity contribution in [1.29, 1.82) is 0 Å². The third-order valence-electron chi connectivity index (χ3n) is 4.07. The Morgan fingerprint density at radius 2 is 2.04 bits per heavy atom. The summed E-state index contributed by atoms with van der Waals surface area (Å²) in [6.45, 7) is 1.65. The Morgan fingerprint density at radius 1 is 1.33 bits per heavy atom. The van der Waals surface area contributed by atoms with Crippen molar-refractivity contribution in [2.45, 2.75) is 25.7 Å². The molecule has 1 heterocycles. The van der Waals surface area contributed by atoms with Crippen LogP contribution in [-0.4, -0.2) is 43.6 Å². The lowest BCUT2D eigenvalue weighted by Gasteiger charge is -2.30. The van der Waals surface area contributed by atoms with Crippen LogP contribution in [0, 0.1) is 5.92 Å². The Hall–Kier alpha value is -1.27. The number of methoxy groups -OCH3 is 1. The van der Waals surface area contributed by atoms with Gasteiger partial charge in [-0.1, -0.05) is 27.5 Å². The zero-order chi connectivity index (χ0) is 17.5. The Kier molecular flexibility index (Phi) is 7.37. The maximum Gasteiger partial charge on any atom is 0.308 e. The number of rotatable bonds is 6. The van der Waals surface area contributed by atoms with Gasteiger partial charge in [0.25, 0.3) is 0 Å². The minimum atomic E-state index is -0.179. The lowest BCUT2D eigenvalue weighted by Crippen LogP contribution is -2.40. The second-order valence-corrected chi connectivity index (χ2v) is 7.03. The number of piperidine rings is 1. The van der Waals surface area contributed by atoms with Gasteiger partial charge in [-0.25, -0.2) is 0 Å². The molecule has 1 aliphatic rings. The van der Waals surface area contributed by atoms with Crippen molar-refractivity contribution in [3.63, 3.8) is 0 Å². The van der Waals surface area contributed by atoms with Gasteiger partial charge in [-0.15, -0.1) is 0 Å². The fraction of sp³-hybridized carbons (Fsp3) is 0.529. The van der Waals surface area contributed by atoms with Gasteiger partial charge in [0.2, 0.25) is 5.91 Å². The smallest absolute Gasteiger partial charge is 0.308 e. The van der Waals surface area contributed by atoms with Crippen LogP contribution in [0.25, 0.3) is 0 Å². The van der Waals surface area contributed by atoms with Crippen molar-refractivity contribution in [2.75, 3.05) is 26.8 Å². The number of hydrogen-bond acceptors (Lipinski definition) is 4. The molecule has 0 radical (unpaired) electrons. The Balaban J connectivity index is 1.68. The molecule has 0 saturated carbocycles. The lowest BCUT2D eigenvalue weighted by atomic mass is 9.97. The number of carbonyl (C=O) groups excluding carboxylic acids is 2. The first-order chi connectivity index (χ1) is 11.5. The highest BCUT2D eigenvalue weighted by Crippen LogP contribution is 2.28. The van der Waals surface area contributed by atoms with E-state index in [2.05, 4.69) is 15.9 Å². The Labute approximate surface area is 155 Å². The van der Waals surface area contributed by atoms with E-state index in [0.717, 1.165) is 4.47 Å². The van der Waals surface area contributed by atoms with E-state index in [1.807, 2.05) is 11.0 Å². The third-order valence-corrected chi connectivity index (χ3v) is 4.86. The standard InChI is InChI=1S/C17H21BrClNO4/c1-23-17(22)12-6-8-20(9-7-12)16(21)3-2-10-24-15-5-4-13(18)11-14(15)19/h4-5,11-12H,2-3,6-10H2,1H3. The highest BCUT2D eigenvalue weighted by Gasteiger charge is 2.27. The summed E-state index contributed by atoms with van der Waals surface area (Å²) in [5.74, 6) is 0.457. The van der Waals surface area contributed by atoms with Crippen LogP contribution in [0.15, 0.2) is 22.7 Å². The summed E-state index contributed by atoms with van der Waals surface area (Å²) in [5.41, 5.74) is 0. The van der Waals surface area contributed by atoms with Gasteiger partial charge in [-0.2, -0.15) is 0 Å². The summed E-state index contributed by atoms with van der Waals surface area (Å²) in [5, 5.41) is 0.542. The minimum Gasteiger partial charge on any atom is -0.492 e. The summed E-state index contributed by atoms with van der Waals surface area (Å²) in [6.07, 6.45) is 2.39. The molecule has 1 aromatic rings. The molecule has 0 atom stereocenters. The van der Waals surface area contributed by atoms with Gasteiger partial charge in [0.1, 0.15) is 5.75 Å². The molecule has 1 aromatic carbocycles. The average molecular weight is 419 g/mol. The van der Waals surface area contributed by atoms with Gasteiger partial charge in [0.05, 0.1) is 24.7 Å². The monoisotopic (exact) mass is 417 g/mol. The fourth-order valence-corrected chi connectivity index (χ4v) is 3.42. The number of halogens is 2. The number of ether oxygens (including phenoxy) is 2. The maximum absolute atomic E-state index is 12.2. The van der Waals surface area contributed by atoms with Crippen LogP contribution in [0.2, 0.25) is 5.02 Å². The molecule has 0 aromatic heterocycles. The zero-order valence-corrected chi connectivity index (χ0v) is 15.9. The first kappa shape index (κ1) is 19.1. The van der Waals surface area contributed by atoms with Crippen LogP contribution in [0.4, 0.5) is 0 Å². The van der Waals surface area contributed by atoms with E-state index in [9.17, 15) is 9.59 Å². The van der Waals surface area contributed by atoms with Crippen molar-refractivity contribution in [1.82, 2.24) is 4.90 Å². The van der Waals surface area contributed by atoms with Crippen LogP contribution in [0.3, 0.4) is 0 Å². The largest absolute Gasteiger partial charge is 0.492 e. The summed E-state index contributed by atoms with van der Waals surface area (Å²) >= 11 is 9.42. The first-order valence-corrected chi connectivity index (χ1v) is 9.12. The number of esters is 1. The first-order valence-electron chi connectivity index (χ1n) is 7.94. The average Bonchev–Trinajstić information content (AvgIpc) is 2.59. The number of amides is 1. The topological polar surface area (TPSA) is 55.8 Å². The van der Waals surface area contributed by atoms with E-state index in [-0.39, 0.29) is 17.8 Å². The quantitative estimate of drug-likeness (QED) is 0.522. The predicted octanol–water partition coefficient (Wildman–Crippen LogP) is 3.67. The van der Waals surface area contributed by atoms with Crippen molar-refractivity contribution >= 4 is 39.4 Å². The number of carbonyl (C=O) groups is 2. The van der Waals surface area contributed by atoms with E-state index in [4.69, 9.17) is 21.1 Å². The van der Waals surface area contributed by atoms with Crippen LogP contribution in [0.5, 0.6) is 5.75 Å². The molecule has 0 bridgehead atoms. The SMILES string of the molecule is COC(=O)C1CCN(C(=O)CCCOc2ccc(Br)cc2Cl)CC1. The van der Waals surface area contributed by atoms with Crippen molar-refractivity contribution in [3.05, 3.63) is 27.7 Å². The minimum absolute atomic E-state index is 0.0815. The number of hydrogen-bond donors (Lipinski definition) is 0. The molecule has 0 aliphatic carbocycles. The van der Waals surface area contributed by atoms with Crippen LogP contribution < -0.4 is 4.74 Å². The molecule has 132 valence electrons. The molecule has 0 N–H and O–H groups in total. The van der Waals surface area contributed by atoms with E-state index >= 15 is 0 Å². The normalized spacial score (nSPS) is 15.2. The van der Waals surface area contributed by atoms with E-state index in [0.29, 0.717) is 56.2 Å². The van der Waals surface area contributed by atoms with E-state index in [1.54, 1.807) is 12.1 Å². The molecule has 0 unspecified atom stereocenters. The fourth-order valence-electron chi connectivity index (χ4n) is 2.69. The van der Waals surface area contributed by atoms with Gasteiger partial charge in [0, 0.05) is 24.0 Å². The molecular weight excluding hydrogens is 398 g/mol. The van der Waals surface area contributed by atoms with Gasteiger partial charge < -0.3 is 14.4 Å². The molecule has 2 rings (SSSR count). The summed E-state index contributed by atoms with van der Waals surface area (Å²) in [4.78, 5) is 25.5. The molecule has 1 aliphatic heterocycles. The van der Waals surface area contributed by atoms with Gasteiger partial charge >= 0.3 is 5.97 Å². The molecule has 24 heavy (non-hydrogen) atoms. The molecule has 1 saturated heterocycles. The van der Waals surface area contributed by atoms with Gasteiger partial charge in [-0.05, 0) is 37.5 Å². The second kappa shape index (κ2) is 9.28. The third kappa shape index (κ3) is 5.38. The highest BCUT2D eigenvalue weighted by atomic mass is 79.9. The number of benzene rings is 1. The summed E-state index contributed by atoms with van der Waals surface area (Å²) in [7, 11) is 1.40. The molecule has 1 amide bonds. The highest BCUT2D eigenvalue weighted by molar-refractivity contribution is 9.10. The van der Waals surface area contributed by atoms with E-state index in [1.165, 1.54) is 7.11 Å². The maximum atomic E-state index is 12.2. The Bertz CT molecular complexity index is 588. The van der Waals surface area contributed by atoms with Gasteiger partial charge in [-0.3, -0.25) is 9.59 Å². The molecule has 0 spiro atoms. The second-order valence-electron chi connectivity index (χ2n) is 5.70. The van der Waals surface area contributed by atoms with Crippen LogP contribution in [0.1, 0.15) is 25.7 Å². The van der Waals surface area contributed by atoms with Crippen molar-refractivity contribution in [2.24, 2.45) is 5.92 Å².